The normalized spacial score (nSPS) is 17.7. The summed E-state index contributed by atoms with van der Waals surface area (Å²) in [6.45, 7) is 3.78. The molecule has 0 radical (unpaired) electrons. The zero-order valence-electron chi connectivity index (χ0n) is 15.3. The molecule has 2 aliphatic heterocycles. The molecule has 2 heterocycles. The lowest BCUT2D eigenvalue weighted by Gasteiger charge is -2.18. The fraction of sp³-hybridized carbons (Fsp3) is 0.182. The maximum atomic E-state index is 13.2. The lowest BCUT2D eigenvalue weighted by Crippen LogP contribution is -2.32. The van der Waals surface area contributed by atoms with Gasteiger partial charge in [0.15, 0.2) is 11.5 Å². The number of carbonyl (C=O) groups is 1. The fourth-order valence-corrected chi connectivity index (χ4v) is 3.45. The largest absolute Gasteiger partial charge is 0.493 e. The number of fused-ring (bicyclic) bond motifs is 2. The van der Waals surface area contributed by atoms with Crippen LogP contribution >= 0.6 is 0 Å². The fourth-order valence-electron chi connectivity index (χ4n) is 3.45. The highest BCUT2D eigenvalue weighted by Crippen LogP contribution is 2.39. The molecule has 4 rings (SSSR count). The summed E-state index contributed by atoms with van der Waals surface area (Å²) in [7, 11) is 3.12. The Morgan fingerprint density at radius 3 is 2.52 bits per heavy atom. The molecule has 27 heavy (non-hydrogen) atoms. The first kappa shape index (κ1) is 17.1. The molecule has 0 saturated carbocycles. The van der Waals surface area contributed by atoms with Crippen molar-refractivity contribution in [1.82, 2.24) is 4.90 Å². The predicted molar refractivity (Wildman–Crippen MR) is 107 cm³/mol. The van der Waals surface area contributed by atoms with Gasteiger partial charge in [0, 0.05) is 24.9 Å². The van der Waals surface area contributed by atoms with Gasteiger partial charge in [-0.1, -0.05) is 36.9 Å². The molecule has 1 amide bonds. The minimum absolute atomic E-state index is 0.0915. The Morgan fingerprint density at radius 2 is 1.85 bits per heavy atom. The number of methoxy groups -OCH3 is 2. The number of aliphatic imine (C=N–C) groups is 1. The smallest absolute Gasteiger partial charge is 0.260 e. The van der Waals surface area contributed by atoms with Gasteiger partial charge in [-0.3, -0.25) is 9.79 Å². The molecule has 2 aromatic carbocycles. The highest BCUT2D eigenvalue weighted by Gasteiger charge is 2.33. The number of benzene rings is 2. The van der Waals surface area contributed by atoms with E-state index < -0.39 is 0 Å². The van der Waals surface area contributed by atoms with E-state index in [9.17, 15) is 4.79 Å². The quantitative estimate of drug-likeness (QED) is 0.816. The third-order valence-electron chi connectivity index (χ3n) is 4.95. The van der Waals surface area contributed by atoms with Crippen molar-refractivity contribution in [2.45, 2.75) is 12.5 Å². The molecule has 0 unspecified atom stereocenters. The first-order valence-corrected chi connectivity index (χ1v) is 8.71. The molecule has 5 heteroatoms. The third kappa shape index (κ3) is 2.91. The highest BCUT2D eigenvalue weighted by molar-refractivity contribution is 6.05. The van der Waals surface area contributed by atoms with Crippen molar-refractivity contribution in [3.05, 3.63) is 65.9 Å². The summed E-state index contributed by atoms with van der Waals surface area (Å²) >= 11 is 0. The molecule has 2 aromatic rings. The summed E-state index contributed by atoms with van der Waals surface area (Å²) in [5.74, 6) is 0.981. The Hall–Kier alpha value is -3.34. The Kier molecular flexibility index (Phi) is 4.28. The van der Waals surface area contributed by atoms with E-state index in [1.165, 1.54) is 0 Å². The number of amides is 1. The zero-order chi connectivity index (χ0) is 19.0. The van der Waals surface area contributed by atoms with Gasteiger partial charge in [0.2, 0.25) is 0 Å². The molecular weight excluding hydrogens is 340 g/mol. The molecule has 0 saturated heterocycles. The first-order chi connectivity index (χ1) is 13.1. The van der Waals surface area contributed by atoms with Crippen LogP contribution in [0.25, 0.3) is 11.6 Å². The van der Waals surface area contributed by atoms with E-state index in [1.54, 1.807) is 31.3 Å². The van der Waals surface area contributed by atoms with Crippen LogP contribution in [0.5, 0.6) is 11.5 Å². The van der Waals surface area contributed by atoms with Gasteiger partial charge in [-0.25, -0.2) is 0 Å². The van der Waals surface area contributed by atoms with Gasteiger partial charge in [0.05, 0.1) is 31.5 Å². The van der Waals surface area contributed by atoms with Gasteiger partial charge in [-0.05, 0) is 22.8 Å². The lowest BCUT2D eigenvalue weighted by molar-refractivity contribution is 0.0817. The van der Waals surface area contributed by atoms with Crippen molar-refractivity contribution in [1.29, 1.82) is 0 Å². The van der Waals surface area contributed by atoms with Gasteiger partial charge in [-0.15, -0.1) is 0 Å². The van der Waals surface area contributed by atoms with Crippen molar-refractivity contribution >= 4 is 29.5 Å². The first-order valence-electron chi connectivity index (χ1n) is 8.71. The summed E-state index contributed by atoms with van der Waals surface area (Å²) < 4.78 is 10.7. The highest BCUT2D eigenvalue weighted by atomic mass is 16.5. The Labute approximate surface area is 158 Å². The Bertz CT molecular complexity index is 974. The Morgan fingerprint density at radius 1 is 1.15 bits per heavy atom. The number of rotatable bonds is 4. The number of ether oxygens (including phenoxy) is 2. The van der Waals surface area contributed by atoms with E-state index in [2.05, 4.69) is 23.7 Å². The second kappa shape index (κ2) is 6.76. The molecule has 0 aromatic heterocycles. The van der Waals surface area contributed by atoms with Crippen LogP contribution in [-0.4, -0.2) is 37.3 Å². The number of carbonyl (C=O) groups excluding carboxylic acids is 1. The average molecular weight is 360 g/mol. The van der Waals surface area contributed by atoms with Crippen molar-refractivity contribution < 1.29 is 14.3 Å². The van der Waals surface area contributed by atoms with Gasteiger partial charge in [0.1, 0.15) is 0 Å². The van der Waals surface area contributed by atoms with E-state index in [4.69, 9.17) is 9.47 Å². The van der Waals surface area contributed by atoms with Crippen LogP contribution in [0.2, 0.25) is 0 Å². The average Bonchev–Trinajstić information content (AvgIpc) is 3.10. The molecule has 0 bridgehead atoms. The van der Waals surface area contributed by atoms with E-state index in [0.29, 0.717) is 22.7 Å². The van der Waals surface area contributed by atoms with Crippen LogP contribution in [-0.2, 0) is 0 Å². The molecular formula is C22H20N2O3. The SMILES string of the molecule is C=Cc1ccc(C2=CN3C(=O)c4cc(OC)c(OC)cc4N=C[C@@H]3C2)cc1. The second-order valence-electron chi connectivity index (χ2n) is 6.47. The molecule has 0 spiro atoms. The standard InChI is InChI=1S/C22H20N2O3/c1-4-14-5-7-15(8-6-14)16-9-17-12-23-19-11-21(27-3)20(26-2)10-18(19)22(25)24(17)13-16/h4-8,10-13,17H,1,9H2,2-3H3/t17-/m0/s1. The summed E-state index contributed by atoms with van der Waals surface area (Å²) in [4.78, 5) is 19.5. The molecule has 1 atom stereocenters. The van der Waals surface area contributed by atoms with Crippen LogP contribution in [0.4, 0.5) is 5.69 Å². The van der Waals surface area contributed by atoms with Gasteiger partial charge >= 0.3 is 0 Å². The maximum Gasteiger partial charge on any atom is 0.260 e. The topological polar surface area (TPSA) is 51.1 Å². The van der Waals surface area contributed by atoms with Crippen molar-refractivity contribution in [3.8, 4) is 11.5 Å². The second-order valence-corrected chi connectivity index (χ2v) is 6.47. The summed E-state index contributed by atoms with van der Waals surface area (Å²) in [6, 6.07) is 11.5. The predicted octanol–water partition coefficient (Wildman–Crippen LogP) is 4.32. The minimum atomic E-state index is -0.101. The van der Waals surface area contributed by atoms with E-state index >= 15 is 0 Å². The summed E-state index contributed by atoms with van der Waals surface area (Å²) in [6.07, 6.45) is 6.30. The van der Waals surface area contributed by atoms with Crippen LogP contribution in [0.3, 0.4) is 0 Å². The summed E-state index contributed by atoms with van der Waals surface area (Å²) in [5, 5.41) is 0. The maximum absolute atomic E-state index is 13.2. The minimum Gasteiger partial charge on any atom is -0.493 e. The number of hydrogen-bond acceptors (Lipinski definition) is 4. The Balaban J connectivity index is 1.71. The van der Waals surface area contributed by atoms with Gasteiger partial charge in [-0.2, -0.15) is 0 Å². The number of nitrogens with zero attached hydrogens (tertiary/aromatic N) is 2. The van der Waals surface area contributed by atoms with Crippen LogP contribution in [0.15, 0.2) is 54.2 Å². The van der Waals surface area contributed by atoms with E-state index in [1.807, 2.05) is 30.6 Å². The van der Waals surface area contributed by atoms with Crippen LogP contribution < -0.4 is 9.47 Å². The van der Waals surface area contributed by atoms with Crippen molar-refractivity contribution in [2.24, 2.45) is 4.99 Å². The molecule has 0 N–H and O–H groups in total. The molecule has 2 aliphatic rings. The third-order valence-corrected chi connectivity index (χ3v) is 4.95. The monoisotopic (exact) mass is 360 g/mol. The number of hydrogen-bond donors (Lipinski definition) is 0. The molecule has 0 fully saturated rings. The molecule has 0 aliphatic carbocycles. The van der Waals surface area contributed by atoms with Crippen molar-refractivity contribution in [3.63, 3.8) is 0 Å². The molecule has 5 nitrogen and oxygen atoms in total. The van der Waals surface area contributed by atoms with Crippen molar-refractivity contribution in [2.75, 3.05) is 14.2 Å². The van der Waals surface area contributed by atoms with Gasteiger partial charge in [0.25, 0.3) is 5.91 Å². The van der Waals surface area contributed by atoms with E-state index in [-0.39, 0.29) is 11.9 Å². The zero-order valence-corrected chi connectivity index (χ0v) is 15.3. The van der Waals surface area contributed by atoms with Crippen LogP contribution in [0, 0.1) is 0 Å². The summed E-state index contributed by atoms with van der Waals surface area (Å²) in [5.41, 5.74) is 4.38. The van der Waals surface area contributed by atoms with E-state index in [0.717, 1.165) is 23.1 Å². The van der Waals surface area contributed by atoms with Gasteiger partial charge < -0.3 is 14.4 Å². The molecule has 136 valence electrons. The lowest BCUT2D eigenvalue weighted by atomic mass is 10.0. The van der Waals surface area contributed by atoms with Crippen LogP contribution in [0.1, 0.15) is 27.9 Å².